The zero-order valence-corrected chi connectivity index (χ0v) is 21.0. The number of piperazine rings is 1. The van der Waals surface area contributed by atoms with Gasteiger partial charge in [-0.15, -0.1) is 0 Å². The molecule has 1 N–H and O–H groups in total. The number of carbonyl (C=O) groups excluding carboxylic acids is 3. The van der Waals surface area contributed by atoms with Gasteiger partial charge >= 0.3 is 0 Å². The van der Waals surface area contributed by atoms with Gasteiger partial charge in [0.05, 0.1) is 13.7 Å². The largest absolute Gasteiger partial charge is 0.497 e. The lowest BCUT2D eigenvalue weighted by Crippen LogP contribution is -2.50. The van der Waals surface area contributed by atoms with Gasteiger partial charge in [-0.2, -0.15) is 0 Å². The molecule has 1 aliphatic rings. The van der Waals surface area contributed by atoms with Gasteiger partial charge in [0, 0.05) is 29.8 Å². The van der Waals surface area contributed by atoms with Gasteiger partial charge in [-0.05, 0) is 24.3 Å². The van der Waals surface area contributed by atoms with Gasteiger partial charge in [0.15, 0.2) is 10.9 Å². The van der Waals surface area contributed by atoms with E-state index < -0.39 is 5.41 Å². The van der Waals surface area contributed by atoms with Crippen molar-refractivity contribution in [3.63, 3.8) is 0 Å². The third kappa shape index (κ3) is 5.35. The first-order valence-electron chi connectivity index (χ1n) is 11.3. The van der Waals surface area contributed by atoms with E-state index in [1.54, 1.807) is 57.0 Å². The highest BCUT2D eigenvalue weighted by molar-refractivity contribution is 7.18. The molecule has 1 aromatic heterocycles. The molecule has 1 fully saturated rings. The Morgan fingerprint density at radius 2 is 1.71 bits per heavy atom. The minimum atomic E-state index is -0.656. The molecule has 0 radical (unpaired) electrons. The number of thiazole rings is 1. The summed E-state index contributed by atoms with van der Waals surface area (Å²) in [5.74, 6) is 0.415. The van der Waals surface area contributed by atoms with Crippen LogP contribution in [0.2, 0.25) is 0 Å². The van der Waals surface area contributed by atoms with E-state index in [4.69, 9.17) is 4.74 Å². The molecule has 2 amide bonds. The molecular formula is C26H28N4O4S. The normalized spacial score (nSPS) is 14.1. The van der Waals surface area contributed by atoms with E-state index in [0.29, 0.717) is 28.7 Å². The Balaban J connectivity index is 1.59. The number of carbonyl (C=O) groups is 3. The smallest absolute Gasteiger partial charge is 0.246 e. The lowest BCUT2D eigenvalue weighted by atomic mass is 9.96. The number of methoxy groups -OCH3 is 1. The van der Waals surface area contributed by atoms with Crippen LogP contribution in [0.4, 0.5) is 16.6 Å². The van der Waals surface area contributed by atoms with E-state index in [-0.39, 0.29) is 30.0 Å². The van der Waals surface area contributed by atoms with Crippen LogP contribution in [0.3, 0.4) is 0 Å². The number of anilines is 3. The second-order valence-corrected chi connectivity index (χ2v) is 10.2. The summed E-state index contributed by atoms with van der Waals surface area (Å²) in [6.45, 7) is 6.51. The van der Waals surface area contributed by atoms with Crippen LogP contribution in [0.25, 0.3) is 0 Å². The molecule has 182 valence electrons. The fourth-order valence-electron chi connectivity index (χ4n) is 3.57. The van der Waals surface area contributed by atoms with Gasteiger partial charge in [0.1, 0.15) is 10.6 Å². The van der Waals surface area contributed by atoms with Crippen LogP contribution in [0.1, 0.15) is 36.0 Å². The van der Waals surface area contributed by atoms with Gasteiger partial charge < -0.3 is 19.9 Å². The third-order valence-electron chi connectivity index (χ3n) is 5.65. The molecule has 0 aliphatic carbocycles. The van der Waals surface area contributed by atoms with Crippen molar-refractivity contribution in [3.8, 4) is 5.75 Å². The number of nitrogens with one attached hydrogen (secondary N) is 1. The molecule has 3 aromatic rings. The van der Waals surface area contributed by atoms with Crippen LogP contribution in [0.5, 0.6) is 5.75 Å². The van der Waals surface area contributed by atoms with Crippen molar-refractivity contribution in [3.05, 3.63) is 65.0 Å². The summed E-state index contributed by atoms with van der Waals surface area (Å²) in [5, 5.41) is 3.35. The van der Waals surface area contributed by atoms with Crippen LogP contribution in [-0.2, 0) is 9.59 Å². The topological polar surface area (TPSA) is 91.8 Å². The molecule has 0 unspecified atom stereocenters. The summed E-state index contributed by atoms with van der Waals surface area (Å²) >= 11 is 1.19. The molecule has 2 aromatic carbocycles. The number of rotatable bonds is 6. The predicted molar refractivity (Wildman–Crippen MR) is 138 cm³/mol. The van der Waals surface area contributed by atoms with Gasteiger partial charge in [0.25, 0.3) is 0 Å². The molecule has 9 heteroatoms. The molecule has 2 heterocycles. The lowest BCUT2D eigenvalue weighted by molar-refractivity contribution is -0.123. The average molecular weight is 493 g/mol. The highest BCUT2D eigenvalue weighted by atomic mass is 32.1. The number of benzene rings is 2. The van der Waals surface area contributed by atoms with Crippen LogP contribution >= 0.6 is 11.3 Å². The van der Waals surface area contributed by atoms with Gasteiger partial charge in [-0.3, -0.25) is 14.4 Å². The highest BCUT2D eigenvalue weighted by Crippen LogP contribution is 2.34. The Labute approximate surface area is 208 Å². The Kier molecular flexibility index (Phi) is 6.88. The fraction of sp³-hybridized carbons (Fsp3) is 0.308. The number of ether oxygens (including phenoxy) is 1. The zero-order chi connectivity index (χ0) is 25.2. The number of hydrogen-bond acceptors (Lipinski definition) is 7. The number of aromatic nitrogens is 1. The summed E-state index contributed by atoms with van der Waals surface area (Å²) in [4.78, 5) is 47.4. The average Bonchev–Trinajstić information content (AvgIpc) is 3.27. The molecule has 8 nitrogen and oxygen atoms in total. The Morgan fingerprint density at radius 1 is 1.03 bits per heavy atom. The molecule has 1 aliphatic heterocycles. The molecule has 0 saturated carbocycles. The maximum Gasteiger partial charge on any atom is 0.246 e. The predicted octanol–water partition coefficient (Wildman–Crippen LogP) is 4.22. The first-order valence-corrected chi connectivity index (χ1v) is 12.1. The Bertz CT molecular complexity index is 1230. The van der Waals surface area contributed by atoms with Crippen molar-refractivity contribution in [2.75, 3.05) is 41.9 Å². The molecule has 0 atom stereocenters. The number of amides is 2. The quantitative estimate of drug-likeness (QED) is 0.518. The van der Waals surface area contributed by atoms with E-state index in [0.717, 1.165) is 11.4 Å². The second kappa shape index (κ2) is 9.87. The van der Waals surface area contributed by atoms with Crippen LogP contribution in [0, 0.1) is 5.41 Å². The number of ketones is 1. The van der Waals surface area contributed by atoms with Crippen molar-refractivity contribution in [2.24, 2.45) is 5.41 Å². The zero-order valence-electron chi connectivity index (χ0n) is 20.2. The summed E-state index contributed by atoms with van der Waals surface area (Å²) < 4.78 is 5.20. The van der Waals surface area contributed by atoms with Crippen LogP contribution in [-0.4, -0.2) is 49.3 Å². The molecule has 0 bridgehead atoms. The maximum absolute atomic E-state index is 13.3. The van der Waals surface area contributed by atoms with E-state index >= 15 is 0 Å². The Morgan fingerprint density at radius 3 is 2.31 bits per heavy atom. The van der Waals surface area contributed by atoms with E-state index in [1.807, 2.05) is 35.2 Å². The molecular weight excluding hydrogens is 464 g/mol. The summed E-state index contributed by atoms with van der Waals surface area (Å²) in [7, 11) is 1.60. The van der Waals surface area contributed by atoms with E-state index in [2.05, 4.69) is 10.3 Å². The molecule has 4 rings (SSSR count). The van der Waals surface area contributed by atoms with Gasteiger partial charge in [0.2, 0.25) is 17.6 Å². The first kappa shape index (κ1) is 24.4. The number of hydrogen-bond donors (Lipinski definition) is 1. The van der Waals surface area contributed by atoms with Crippen molar-refractivity contribution in [1.82, 2.24) is 4.98 Å². The molecule has 1 saturated heterocycles. The molecule has 0 spiro atoms. The summed E-state index contributed by atoms with van der Waals surface area (Å²) in [6.07, 6.45) is 0. The lowest BCUT2D eigenvalue weighted by Gasteiger charge is -2.34. The Hall–Kier alpha value is -3.72. The highest BCUT2D eigenvalue weighted by Gasteiger charge is 2.31. The van der Waals surface area contributed by atoms with E-state index in [1.165, 1.54) is 11.3 Å². The van der Waals surface area contributed by atoms with Gasteiger partial charge in [-0.1, -0.05) is 62.4 Å². The second-order valence-electron chi connectivity index (χ2n) is 9.24. The van der Waals surface area contributed by atoms with Crippen LogP contribution in [0.15, 0.2) is 54.6 Å². The van der Waals surface area contributed by atoms with Crippen molar-refractivity contribution in [2.45, 2.75) is 20.8 Å². The van der Waals surface area contributed by atoms with Gasteiger partial charge in [-0.25, -0.2) is 4.98 Å². The monoisotopic (exact) mass is 492 g/mol. The SMILES string of the molecule is COc1ccc(N2CCN(c3nc(NC(=O)C(C)(C)C)c(C(=O)c4ccccc4)s3)CC2=O)cc1. The van der Waals surface area contributed by atoms with Crippen molar-refractivity contribution in [1.29, 1.82) is 0 Å². The summed E-state index contributed by atoms with van der Waals surface area (Å²) in [5.41, 5.74) is 0.651. The maximum atomic E-state index is 13.3. The fourth-order valence-corrected chi connectivity index (χ4v) is 4.58. The van der Waals surface area contributed by atoms with Crippen LogP contribution < -0.4 is 19.9 Å². The number of nitrogens with zero attached hydrogens (tertiary/aromatic N) is 3. The minimum Gasteiger partial charge on any atom is -0.497 e. The minimum absolute atomic E-state index is 0.0761. The molecule has 35 heavy (non-hydrogen) atoms. The standard InChI is InChI=1S/C26H28N4O4S/c1-26(2,3)24(33)27-23-22(21(32)17-8-6-5-7-9-17)35-25(28-23)29-14-15-30(20(31)16-29)18-10-12-19(34-4)13-11-18/h5-13H,14-16H2,1-4H3,(H,27,33). The van der Waals surface area contributed by atoms with E-state index in [9.17, 15) is 14.4 Å². The van der Waals surface area contributed by atoms with Crippen molar-refractivity contribution >= 4 is 45.6 Å². The third-order valence-corrected chi connectivity index (χ3v) is 6.76. The first-order chi connectivity index (χ1) is 16.7. The van der Waals surface area contributed by atoms with Crippen molar-refractivity contribution < 1.29 is 19.1 Å². The summed E-state index contributed by atoms with van der Waals surface area (Å²) in [6, 6.07) is 16.2.